The average Bonchev–Trinajstić information content (AvgIpc) is 2.38. The molecule has 0 spiro atoms. The third kappa shape index (κ3) is 3.26. The summed E-state index contributed by atoms with van der Waals surface area (Å²) in [6, 6.07) is 8.96. The zero-order chi connectivity index (χ0) is 14.7. The summed E-state index contributed by atoms with van der Waals surface area (Å²) in [5, 5.41) is 14.1. The fourth-order valence-electron chi connectivity index (χ4n) is 1.69. The van der Waals surface area contributed by atoms with Crippen LogP contribution >= 0.6 is 27.5 Å². The first kappa shape index (κ1) is 14.7. The van der Waals surface area contributed by atoms with Crippen molar-refractivity contribution >= 4 is 38.9 Å². The van der Waals surface area contributed by atoms with Crippen molar-refractivity contribution in [1.29, 1.82) is 0 Å². The maximum Gasteiger partial charge on any atom is 0.295 e. The van der Waals surface area contributed by atoms with Gasteiger partial charge in [-0.05, 0) is 23.8 Å². The molecule has 0 saturated heterocycles. The second-order valence-electron chi connectivity index (χ2n) is 3.98. The van der Waals surface area contributed by atoms with Crippen LogP contribution in [0.15, 0.2) is 40.9 Å². The molecule has 0 saturated carbocycles. The summed E-state index contributed by atoms with van der Waals surface area (Å²) in [4.78, 5) is 10.2. The second-order valence-corrected chi connectivity index (χ2v) is 5.30. The maximum absolute atomic E-state index is 13.7. The van der Waals surface area contributed by atoms with Gasteiger partial charge in [0, 0.05) is 22.1 Å². The van der Waals surface area contributed by atoms with Crippen molar-refractivity contribution in [2.24, 2.45) is 0 Å². The first-order valence-corrected chi connectivity index (χ1v) is 6.77. The number of hydrogen-bond donors (Lipinski definition) is 1. The van der Waals surface area contributed by atoms with Crippen molar-refractivity contribution in [1.82, 2.24) is 0 Å². The molecule has 0 aliphatic carbocycles. The lowest BCUT2D eigenvalue weighted by Gasteiger charge is -2.09. The number of nitrogens with one attached hydrogen (secondary N) is 1. The molecule has 0 radical (unpaired) electrons. The highest BCUT2D eigenvalue weighted by atomic mass is 79.9. The quantitative estimate of drug-likeness (QED) is 0.632. The topological polar surface area (TPSA) is 55.2 Å². The summed E-state index contributed by atoms with van der Waals surface area (Å²) in [7, 11) is 0. The molecule has 0 heterocycles. The molecule has 0 unspecified atom stereocenters. The number of anilines is 1. The molecule has 0 bridgehead atoms. The normalized spacial score (nSPS) is 10.3. The van der Waals surface area contributed by atoms with Crippen molar-refractivity contribution in [3.63, 3.8) is 0 Å². The highest BCUT2D eigenvalue weighted by molar-refractivity contribution is 9.10. The Hall–Kier alpha value is -1.66. The number of halogens is 3. The molecule has 7 heteroatoms. The number of nitro groups is 1. The van der Waals surface area contributed by atoms with Crippen LogP contribution in [-0.4, -0.2) is 4.92 Å². The van der Waals surface area contributed by atoms with E-state index in [1.54, 1.807) is 18.2 Å². The smallest absolute Gasteiger partial charge is 0.295 e. The lowest BCUT2D eigenvalue weighted by Crippen LogP contribution is -2.05. The van der Waals surface area contributed by atoms with E-state index < -0.39 is 10.7 Å². The van der Waals surface area contributed by atoms with E-state index >= 15 is 0 Å². The van der Waals surface area contributed by atoms with Crippen LogP contribution in [0, 0.1) is 15.9 Å². The first-order chi connectivity index (χ1) is 9.49. The molecule has 2 aromatic rings. The number of benzene rings is 2. The zero-order valence-electron chi connectivity index (χ0n) is 10.1. The summed E-state index contributed by atoms with van der Waals surface area (Å²) in [5.74, 6) is -0.674. The van der Waals surface area contributed by atoms with Crippen molar-refractivity contribution < 1.29 is 9.31 Å². The Balaban J connectivity index is 2.25. The van der Waals surface area contributed by atoms with Crippen molar-refractivity contribution in [3.05, 3.63) is 67.4 Å². The van der Waals surface area contributed by atoms with Crippen LogP contribution in [-0.2, 0) is 6.54 Å². The van der Waals surface area contributed by atoms with Crippen LogP contribution in [0.1, 0.15) is 5.56 Å². The fraction of sp³-hybridized carbons (Fsp3) is 0.0769. The standard InChI is InChI=1S/C13H9BrClFN2O2/c14-9-5-4-8(10(15)6-9)7-17-13-11(16)2-1-3-12(13)18(19)20/h1-6,17H,7H2. The van der Waals surface area contributed by atoms with Gasteiger partial charge < -0.3 is 5.32 Å². The molecule has 2 aromatic carbocycles. The van der Waals surface area contributed by atoms with Gasteiger partial charge in [-0.25, -0.2) is 4.39 Å². The molecule has 0 atom stereocenters. The lowest BCUT2D eigenvalue weighted by molar-refractivity contribution is -0.384. The Kier molecular flexibility index (Phi) is 4.57. The maximum atomic E-state index is 13.7. The minimum Gasteiger partial charge on any atom is -0.373 e. The molecule has 0 aromatic heterocycles. The van der Waals surface area contributed by atoms with E-state index in [1.807, 2.05) is 0 Å². The van der Waals surface area contributed by atoms with Crippen molar-refractivity contribution in [2.75, 3.05) is 5.32 Å². The predicted octanol–water partition coefficient (Wildman–Crippen LogP) is 4.76. The second kappa shape index (κ2) is 6.19. The van der Waals surface area contributed by atoms with Gasteiger partial charge in [-0.3, -0.25) is 10.1 Å². The molecule has 0 aliphatic rings. The van der Waals surface area contributed by atoms with Crippen LogP contribution in [0.4, 0.5) is 15.8 Å². The van der Waals surface area contributed by atoms with Crippen LogP contribution < -0.4 is 5.32 Å². The van der Waals surface area contributed by atoms with Crippen LogP contribution in [0.2, 0.25) is 5.02 Å². The third-order valence-corrected chi connectivity index (χ3v) is 3.50. The molecule has 0 amide bonds. The highest BCUT2D eigenvalue weighted by Gasteiger charge is 2.17. The minimum absolute atomic E-state index is 0.142. The molecular formula is C13H9BrClFN2O2. The van der Waals surface area contributed by atoms with Gasteiger partial charge in [-0.2, -0.15) is 0 Å². The summed E-state index contributed by atoms with van der Waals surface area (Å²) in [5.41, 5.74) is 0.266. The Morgan fingerprint density at radius 2 is 2.10 bits per heavy atom. The number of para-hydroxylation sites is 1. The Labute approximate surface area is 127 Å². The van der Waals surface area contributed by atoms with E-state index in [-0.39, 0.29) is 17.9 Å². The van der Waals surface area contributed by atoms with E-state index in [4.69, 9.17) is 11.6 Å². The molecule has 20 heavy (non-hydrogen) atoms. The number of nitrogens with zero attached hydrogens (tertiary/aromatic N) is 1. The zero-order valence-corrected chi connectivity index (χ0v) is 12.4. The number of hydrogen-bond acceptors (Lipinski definition) is 3. The van der Waals surface area contributed by atoms with Gasteiger partial charge in [0.15, 0.2) is 5.82 Å². The molecule has 0 aliphatic heterocycles. The van der Waals surface area contributed by atoms with E-state index in [2.05, 4.69) is 21.2 Å². The monoisotopic (exact) mass is 358 g/mol. The van der Waals surface area contributed by atoms with Gasteiger partial charge in [0.05, 0.1) is 4.92 Å². The van der Waals surface area contributed by atoms with Crippen molar-refractivity contribution in [3.8, 4) is 0 Å². The summed E-state index contributed by atoms with van der Waals surface area (Å²) in [6.45, 7) is 0.188. The van der Waals surface area contributed by atoms with Gasteiger partial charge in [-0.15, -0.1) is 0 Å². The largest absolute Gasteiger partial charge is 0.373 e. The summed E-state index contributed by atoms with van der Waals surface area (Å²) < 4.78 is 14.5. The van der Waals surface area contributed by atoms with Gasteiger partial charge in [0.2, 0.25) is 0 Å². The van der Waals surface area contributed by atoms with E-state index in [1.165, 1.54) is 18.2 Å². The Morgan fingerprint density at radius 3 is 2.75 bits per heavy atom. The summed E-state index contributed by atoms with van der Waals surface area (Å²) >= 11 is 9.32. The number of nitro benzene ring substituents is 1. The van der Waals surface area contributed by atoms with E-state index in [0.717, 1.165) is 4.47 Å². The van der Waals surface area contributed by atoms with Crippen LogP contribution in [0.25, 0.3) is 0 Å². The molecular weight excluding hydrogens is 351 g/mol. The van der Waals surface area contributed by atoms with Crippen LogP contribution in [0.3, 0.4) is 0 Å². The Morgan fingerprint density at radius 1 is 1.35 bits per heavy atom. The first-order valence-electron chi connectivity index (χ1n) is 5.59. The molecule has 104 valence electrons. The predicted molar refractivity (Wildman–Crippen MR) is 79.5 cm³/mol. The van der Waals surface area contributed by atoms with E-state index in [0.29, 0.717) is 10.6 Å². The van der Waals surface area contributed by atoms with Gasteiger partial charge in [0.25, 0.3) is 5.69 Å². The van der Waals surface area contributed by atoms with Gasteiger partial charge in [-0.1, -0.05) is 39.7 Å². The third-order valence-electron chi connectivity index (χ3n) is 2.66. The van der Waals surface area contributed by atoms with Crippen molar-refractivity contribution in [2.45, 2.75) is 6.54 Å². The SMILES string of the molecule is O=[N+]([O-])c1cccc(F)c1NCc1ccc(Br)cc1Cl. The fourth-order valence-corrected chi connectivity index (χ4v) is 2.43. The van der Waals surface area contributed by atoms with E-state index in [9.17, 15) is 14.5 Å². The minimum atomic E-state index is -0.674. The highest BCUT2D eigenvalue weighted by Crippen LogP contribution is 2.28. The molecule has 4 nitrogen and oxygen atoms in total. The molecule has 1 N–H and O–H groups in total. The lowest BCUT2D eigenvalue weighted by atomic mass is 10.2. The summed E-state index contributed by atoms with van der Waals surface area (Å²) in [6.07, 6.45) is 0. The van der Waals surface area contributed by atoms with Gasteiger partial charge in [0.1, 0.15) is 5.69 Å². The molecule has 2 rings (SSSR count). The Bertz CT molecular complexity index is 667. The number of rotatable bonds is 4. The van der Waals surface area contributed by atoms with Gasteiger partial charge >= 0.3 is 0 Å². The molecule has 0 fully saturated rings. The average molecular weight is 360 g/mol. The van der Waals surface area contributed by atoms with Crippen LogP contribution in [0.5, 0.6) is 0 Å².